The summed E-state index contributed by atoms with van der Waals surface area (Å²) in [4.78, 5) is 0. The maximum atomic E-state index is 13.4. The van der Waals surface area contributed by atoms with Crippen molar-refractivity contribution in [1.29, 1.82) is 0 Å². The van der Waals surface area contributed by atoms with Crippen LogP contribution in [0.1, 0.15) is 31.9 Å². The molecule has 0 saturated carbocycles. The summed E-state index contributed by atoms with van der Waals surface area (Å²) in [6.07, 6.45) is 1.04. The first kappa shape index (κ1) is 13.4. The van der Waals surface area contributed by atoms with E-state index in [2.05, 4.69) is 34.7 Å². The predicted molar refractivity (Wildman–Crippen MR) is 69.9 cm³/mol. The number of halogens is 2. The van der Waals surface area contributed by atoms with E-state index in [-0.39, 0.29) is 11.9 Å². The third-order valence-corrected chi connectivity index (χ3v) is 3.01. The van der Waals surface area contributed by atoms with E-state index in [1.54, 1.807) is 12.1 Å². The molecule has 0 saturated heterocycles. The van der Waals surface area contributed by atoms with Crippen molar-refractivity contribution in [3.8, 4) is 0 Å². The molecule has 1 atom stereocenters. The zero-order valence-corrected chi connectivity index (χ0v) is 11.3. The van der Waals surface area contributed by atoms with E-state index in [0.717, 1.165) is 24.1 Å². The van der Waals surface area contributed by atoms with Gasteiger partial charge < -0.3 is 5.32 Å². The van der Waals surface area contributed by atoms with Gasteiger partial charge in [-0.3, -0.25) is 0 Å². The Labute approximate surface area is 105 Å². The van der Waals surface area contributed by atoms with Crippen LogP contribution >= 0.6 is 15.9 Å². The van der Waals surface area contributed by atoms with Crippen molar-refractivity contribution < 1.29 is 4.39 Å². The second-order valence-electron chi connectivity index (χ2n) is 3.91. The molecule has 0 spiro atoms. The summed E-state index contributed by atoms with van der Waals surface area (Å²) in [5.74, 6) is -0.234. The fourth-order valence-corrected chi connectivity index (χ4v) is 1.80. The topological polar surface area (TPSA) is 12.0 Å². The Balaban J connectivity index is 2.92. The van der Waals surface area contributed by atoms with Gasteiger partial charge in [-0.1, -0.05) is 25.1 Å². The van der Waals surface area contributed by atoms with E-state index in [4.69, 9.17) is 0 Å². The summed E-state index contributed by atoms with van der Waals surface area (Å²) in [5, 5.41) is 3.35. The Morgan fingerprint density at radius 1 is 1.56 bits per heavy atom. The lowest BCUT2D eigenvalue weighted by molar-refractivity contribution is 0.578. The average molecular weight is 286 g/mol. The highest BCUT2D eigenvalue weighted by atomic mass is 79.9. The molecule has 0 fully saturated rings. The highest BCUT2D eigenvalue weighted by molar-refractivity contribution is 9.10. The van der Waals surface area contributed by atoms with Crippen LogP contribution in [0, 0.1) is 5.82 Å². The van der Waals surface area contributed by atoms with Crippen LogP contribution in [0.5, 0.6) is 0 Å². The van der Waals surface area contributed by atoms with Gasteiger partial charge >= 0.3 is 0 Å². The molecule has 0 aliphatic carbocycles. The molecule has 0 aliphatic rings. The van der Waals surface area contributed by atoms with Crippen molar-refractivity contribution in [2.75, 3.05) is 6.54 Å². The van der Waals surface area contributed by atoms with Gasteiger partial charge in [0.15, 0.2) is 0 Å². The fraction of sp³-hybridized carbons (Fsp3) is 0.385. The molecular formula is C13H17BrFN. The lowest BCUT2D eigenvalue weighted by Gasteiger charge is -2.19. The van der Waals surface area contributed by atoms with Gasteiger partial charge in [0.05, 0.1) is 10.5 Å². The molecule has 1 aromatic carbocycles. The van der Waals surface area contributed by atoms with Crippen LogP contribution in [0.15, 0.2) is 34.8 Å². The Morgan fingerprint density at radius 2 is 2.25 bits per heavy atom. The van der Waals surface area contributed by atoms with Crippen molar-refractivity contribution in [3.63, 3.8) is 0 Å². The molecule has 1 rings (SSSR count). The molecule has 16 heavy (non-hydrogen) atoms. The van der Waals surface area contributed by atoms with Crippen LogP contribution in [-0.4, -0.2) is 6.54 Å². The SMILES string of the molecule is C=C(C)C(NCCC)c1ccc(Br)c(F)c1. The highest BCUT2D eigenvalue weighted by Gasteiger charge is 2.12. The van der Waals surface area contributed by atoms with Gasteiger partial charge in [0.25, 0.3) is 0 Å². The largest absolute Gasteiger partial charge is 0.307 e. The molecule has 0 heterocycles. The smallest absolute Gasteiger partial charge is 0.137 e. The third kappa shape index (κ3) is 3.42. The third-order valence-electron chi connectivity index (χ3n) is 2.37. The molecule has 1 N–H and O–H groups in total. The Kier molecular flexibility index (Phi) is 5.16. The zero-order valence-electron chi connectivity index (χ0n) is 9.69. The van der Waals surface area contributed by atoms with Crippen molar-refractivity contribution in [1.82, 2.24) is 5.32 Å². The minimum absolute atomic E-state index is 0.0301. The van der Waals surface area contributed by atoms with Crippen LogP contribution in [0.4, 0.5) is 4.39 Å². The van der Waals surface area contributed by atoms with Crippen LogP contribution in [0.25, 0.3) is 0 Å². The van der Waals surface area contributed by atoms with Crippen molar-refractivity contribution in [2.24, 2.45) is 0 Å². The average Bonchev–Trinajstić information content (AvgIpc) is 2.23. The summed E-state index contributed by atoms with van der Waals surface area (Å²) < 4.78 is 13.9. The first-order valence-electron chi connectivity index (χ1n) is 5.40. The summed E-state index contributed by atoms with van der Waals surface area (Å²) in [7, 11) is 0. The number of hydrogen-bond acceptors (Lipinski definition) is 1. The van der Waals surface area contributed by atoms with Gasteiger partial charge in [-0.15, -0.1) is 0 Å². The summed E-state index contributed by atoms with van der Waals surface area (Å²) in [5.41, 5.74) is 1.91. The van der Waals surface area contributed by atoms with Gasteiger partial charge in [0.1, 0.15) is 5.82 Å². The van der Waals surface area contributed by atoms with Crippen molar-refractivity contribution in [3.05, 3.63) is 46.2 Å². The van der Waals surface area contributed by atoms with E-state index in [1.165, 1.54) is 0 Å². The first-order valence-corrected chi connectivity index (χ1v) is 6.19. The molecule has 0 aliphatic heterocycles. The van der Waals surface area contributed by atoms with Crippen LogP contribution in [0.3, 0.4) is 0 Å². The lowest BCUT2D eigenvalue weighted by atomic mass is 10.0. The molecule has 1 aromatic rings. The first-order chi connectivity index (χ1) is 7.56. The molecule has 0 aromatic heterocycles. The number of rotatable bonds is 5. The summed E-state index contributed by atoms with van der Waals surface area (Å²) in [6, 6.07) is 5.22. The van der Waals surface area contributed by atoms with Gasteiger partial charge in [-0.05, 0) is 53.5 Å². The van der Waals surface area contributed by atoms with E-state index in [1.807, 2.05) is 13.0 Å². The van der Waals surface area contributed by atoms with E-state index >= 15 is 0 Å². The highest BCUT2D eigenvalue weighted by Crippen LogP contribution is 2.24. The van der Waals surface area contributed by atoms with E-state index in [0.29, 0.717) is 4.47 Å². The Morgan fingerprint density at radius 3 is 2.75 bits per heavy atom. The minimum Gasteiger partial charge on any atom is -0.307 e. The molecule has 3 heteroatoms. The fourth-order valence-electron chi connectivity index (χ4n) is 1.56. The van der Waals surface area contributed by atoms with Gasteiger partial charge in [0, 0.05) is 0 Å². The molecule has 0 radical (unpaired) electrons. The summed E-state index contributed by atoms with van der Waals surface area (Å²) >= 11 is 3.15. The van der Waals surface area contributed by atoms with Crippen molar-refractivity contribution in [2.45, 2.75) is 26.3 Å². The minimum atomic E-state index is -0.234. The molecule has 88 valence electrons. The van der Waals surface area contributed by atoms with Crippen LogP contribution in [0.2, 0.25) is 0 Å². The number of nitrogens with one attached hydrogen (secondary N) is 1. The quantitative estimate of drug-likeness (QED) is 0.800. The van der Waals surface area contributed by atoms with Gasteiger partial charge in [-0.2, -0.15) is 0 Å². The number of benzene rings is 1. The van der Waals surface area contributed by atoms with E-state index < -0.39 is 0 Å². The maximum absolute atomic E-state index is 13.4. The Hall–Kier alpha value is -0.670. The molecule has 1 nitrogen and oxygen atoms in total. The molecular weight excluding hydrogens is 269 g/mol. The van der Waals surface area contributed by atoms with E-state index in [9.17, 15) is 4.39 Å². The molecule has 0 amide bonds. The standard InChI is InChI=1S/C13H17BrFN/c1-4-7-16-13(9(2)3)10-5-6-11(14)12(15)8-10/h5-6,8,13,16H,2,4,7H2,1,3H3. The lowest BCUT2D eigenvalue weighted by Crippen LogP contribution is -2.22. The van der Waals surface area contributed by atoms with Crippen LogP contribution < -0.4 is 5.32 Å². The second-order valence-corrected chi connectivity index (χ2v) is 4.76. The van der Waals surface area contributed by atoms with Crippen LogP contribution in [-0.2, 0) is 0 Å². The van der Waals surface area contributed by atoms with Crippen molar-refractivity contribution >= 4 is 15.9 Å². The number of hydrogen-bond donors (Lipinski definition) is 1. The predicted octanol–water partition coefficient (Wildman–Crippen LogP) is 4.21. The van der Waals surface area contributed by atoms with Gasteiger partial charge in [0.2, 0.25) is 0 Å². The second kappa shape index (κ2) is 6.16. The zero-order chi connectivity index (χ0) is 12.1. The monoisotopic (exact) mass is 285 g/mol. The summed E-state index contributed by atoms with van der Waals surface area (Å²) in [6.45, 7) is 8.89. The normalized spacial score (nSPS) is 12.5. The molecule has 0 bridgehead atoms. The Bertz CT molecular complexity index is 376. The molecule has 1 unspecified atom stereocenters. The van der Waals surface area contributed by atoms with Gasteiger partial charge in [-0.25, -0.2) is 4.39 Å². The maximum Gasteiger partial charge on any atom is 0.137 e.